The van der Waals surface area contributed by atoms with Crippen LogP contribution in [0.5, 0.6) is 0 Å². The van der Waals surface area contributed by atoms with Crippen LogP contribution in [-0.4, -0.2) is 39.7 Å². The zero-order valence-electron chi connectivity index (χ0n) is 14.2. The van der Waals surface area contributed by atoms with Crippen LogP contribution in [0.3, 0.4) is 0 Å². The number of anilines is 1. The van der Waals surface area contributed by atoms with Gasteiger partial charge in [-0.05, 0) is 25.0 Å². The van der Waals surface area contributed by atoms with Crippen LogP contribution in [0, 0.1) is 0 Å². The minimum atomic E-state index is -0.00510. The third-order valence-corrected chi connectivity index (χ3v) is 4.72. The Morgan fingerprint density at radius 1 is 1.32 bits per heavy atom. The molecule has 7 nitrogen and oxygen atoms in total. The molecule has 0 bridgehead atoms. The van der Waals surface area contributed by atoms with Crippen LogP contribution in [0.4, 0.5) is 5.95 Å². The van der Waals surface area contributed by atoms with E-state index in [1.54, 1.807) is 0 Å². The second-order valence-corrected chi connectivity index (χ2v) is 6.47. The fourth-order valence-corrected chi connectivity index (χ4v) is 3.38. The first kappa shape index (κ1) is 15.7. The molecule has 25 heavy (non-hydrogen) atoms. The average Bonchev–Trinajstić information content (AvgIpc) is 3.22. The number of piperidine rings is 1. The predicted molar refractivity (Wildman–Crippen MR) is 94.3 cm³/mol. The van der Waals surface area contributed by atoms with Gasteiger partial charge in [0.1, 0.15) is 5.69 Å². The van der Waals surface area contributed by atoms with Gasteiger partial charge in [0.05, 0.1) is 6.42 Å². The highest BCUT2D eigenvalue weighted by atomic mass is 16.5. The van der Waals surface area contributed by atoms with Gasteiger partial charge in [-0.3, -0.25) is 4.79 Å². The number of hydrogen-bond donors (Lipinski definition) is 1. The van der Waals surface area contributed by atoms with Gasteiger partial charge in [0.2, 0.25) is 11.9 Å². The van der Waals surface area contributed by atoms with E-state index < -0.39 is 0 Å². The average molecular weight is 339 g/mol. The maximum atomic E-state index is 12.4. The normalized spacial score (nSPS) is 15.6. The maximum Gasteiger partial charge on any atom is 0.226 e. The summed E-state index contributed by atoms with van der Waals surface area (Å²) in [6.45, 7) is 1.78. The number of nitrogens with zero attached hydrogens (tertiary/aromatic N) is 4. The van der Waals surface area contributed by atoms with E-state index in [-0.39, 0.29) is 18.4 Å². The molecule has 1 saturated heterocycles. The van der Waals surface area contributed by atoms with E-state index in [9.17, 15) is 4.79 Å². The largest absolute Gasteiger partial charge is 0.356 e. The molecule has 3 aromatic rings. The van der Waals surface area contributed by atoms with Crippen molar-refractivity contribution in [2.45, 2.75) is 25.3 Å². The Morgan fingerprint density at radius 2 is 2.12 bits per heavy atom. The van der Waals surface area contributed by atoms with E-state index in [4.69, 9.17) is 4.52 Å². The predicted octanol–water partition coefficient (Wildman–Crippen LogP) is 1.89. The number of aromatic nitrogens is 3. The van der Waals surface area contributed by atoms with Crippen molar-refractivity contribution in [3.63, 3.8) is 0 Å². The molecule has 2 aromatic heterocycles. The highest BCUT2D eigenvalue weighted by Crippen LogP contribution is 2.19. The van der Waals surface area contributed by atoms with E-state index in [1.807, 2.05) is 48.3 Å². The Balaban J connectivity index is 1.32. The zero-order chi connectivity index (χ0) is 17.2. The van der Waals surface area contributed by atoms with Crippen LogP contribution in [0.2, 0.25) is 0 Å². The van der Waals surface area contributed by atoms with Gasteiger partial charge < -0.3 is 19.3 Å². The summed E-state index contributed by atoms with van der Waals surface area (Å²) in [6.07, 6.45) is 5.84. The third-order valence-electron chi connectivity index (χ3n) is 4.72. The quantitative estimate of drug-likeness (QED) is 0.785. The van der Waals surface area contributed by atoms with Crippen LogP contribution in [0.1, 0.15) is 18.5 Å². The molecule has 1 aliphatic rings. The van der Waals surface area contributed by atoms with Crippen LogP contribution in [-0.2, 0) is 18.3 Å². The lowest BCUT2D eigenvalue weighted by atomic mass is 10.0. The standard InChI is InChI=1S/C18H21N5O2/c1-22-11-8-19-18(22)23-9-6-13(7-10-23)20-17(24)12-15-14-4-2-3-5-16(14)25-21-15/h2-5,8,11,13H,6-7,9-10,12H2,1H3,(H,20,24). The molecule has 4 rings (SSSR count). The molecule has 1 aromatic carbocycles. The van der Waals surface area contributed by atoms with Crippen LogP contribution < -0.4 is 10.2 Å². The summed E-state index contributed by atoms with van der Waals surface area (Å²) in [7, 11) is 2.00. The number of hydrogen-bond acceptors (Lipinski definition) is 5. The van der Waals surface area contributed by atoms with Crippen LogP contribution in [0.25, 0.3) is 11.0 Å². The van der Waals surface area contributed by atoms with Gasteiger partial charge in [-0.2, -0.15) is 0 Å². The van der Waals surface area contributed by atoms with Gasteiger partial charge in [0, 0.05) is 44.0 Å². The summed E-state index contributed by atoms with van der Waals surface area (Å²) in [4.78, 5) is 19.0. The molecule has 0 radical (unpaired) electrons. The molecule has 0 atom stereocenters. The van der Waals surface area contributed by atoms with Crippen molar-refractivity contribution in [1.82, 2.24) is 20.0 Å². The second-order valence-electron chi connectivity index (χ2n) is 6.47. The number of amides is 1. The van der Waals surface area contributed by atoms with Crippen molar-refractivity contribution >= 4 is 22.8 Å². The molecule has 1 amide bonds. The molecule has 3 heterocycles. The molecule has 1 N–H and O–H groups in total. The number of aryl methyl sites for hydroxylation is 1. The Kier molecular flexibility index (Phi) is 4.13. The van der Waals surface area contributed by atoms with Gasteiger partial charge in [-0.15, -0.1) is 0 Å². The summed E-state index contributed by atoms with van der Waals surface area (Å²) in [6, 6.07) is 7.81. The highest BCUT2D eigenvalue weighted by Gasteiger charge is 2.23. The topological polar surface area (TPSA) is 76.2 Å². The van der Waals surface area contributed by atoms with E-state index in [1.165, 1.54) is 0 Å². The van der Waals surface area contributed by atoms with Gasteiger partial charge in [-0.25, -0.2) is 4.98 Å². The molecule has 7 heteroatoms. The Morgan fingerprint density at radius 3 is 2.88 bits per heavy atom. The molecular formula is C18H21N5O2. The SMILES string of the molecule is Cn1ccnc1N1CCC(NC(=O)Cc2noc3ccccc23)CC1. The minimum Gasteiger partial charge on any atom is -0.356 e. The number of imidazole rings is 1. The fourth-order valence-electron chi connectivity index (χ4n) is 3.38. The second kappa shape index (κ2) is 6.58. The first-order valence-electron chi connectivity index (χ1n) is 8.55. The fraction of sp³-hybridized carbons (Fsp3) is 0.389. The van der Waals surface area contributed by atoms with Crippen LogP contribution >= 0.6 is 0 Å². The third kappa shape index (κ3) is 3.22. The molecule has 0 unspecified atom stereocenters. The van der Waals surface area contributed by atoms with Gasteiger partial charge in [-0.1, -0.05) is 17.3 Å². The summed E-state index contributed by atoms with van der Waals surface area (Å²) in [5, 5.41) is 8.06. The minimum absolute atomic E-state index is 0.00510. The van der Waals surface area contributed by atoms with E-state index in [0.29, 0.717) is 11.3 Å². The molecule has 1 fully saturated rings. The molecule has 1 aliphatic heterocycles. The summed E-state index contributed by atoms with van der Waals surface area (Å²) < 4.78 is 7.28. The first-order chi connectivity index (χ1) is 12.2. The smallest absolute Gasteiger partial charge is 0.226 e. The summed E-state index contributed by atoms with van der Waals surface area (Å²) >= 11 is 0. The number of fused-ring (bicyclic) bond motifs is 1. The Hall–Kier alpha value is -2.83. The Bertz CT molecular complexity index is 876. The van der Waals surface area contributed by atoms with Crippen molar-refractivity contribution in [2.75, 3.05) is 18.0 Å². The molecular weight excluding hydrogens is 318 g/mol. The summed E-state index contributed by atoms with van der Waals surface area (Å²) in [5.74, 6) is 0.980. The molecule has 0 aliphatic carbocycles. The number of nitrogens with one attached hydrogen (secondary N) is 1. The monoisotopic (exact) mass is 339 g/mol. The van der Waals surface area contributed by atoms with Gasteiger partial charge in [0.15, 0.2) is 5.58 Å². The van der Waals surface area contributed by atoms with Crippen molar-refractivity contribution in [2.24, 2.45) is 7.05 Å². The number of carbonyl (C=O) groups is 1. The number of benzene rings is 1. The van der Waals surface area contributed by atoms with Crippen molar-refractivity contribution in [3.8, 4) is 0 Å². The molecule has 0 saturated carbocycles. The first-order valence-corrected chi connectivity index (χ1v) is 8.55. The lowest BCUT2D eigenvalue weighted by Crippen LogP contribution is -2.45. The van der Waals surface area contributed by atoms with Crippen molar-refractivity contribution < 1.29 is 9.32 Å². The molecule has 0 spiro atoms. The lowest BCUT2D eigenvalue weighted by Gasteiger charge is -2.32. The number of rotatable bonds is 4. The van der Waals surface area contributed by atoms with Crippen molar-refractivity contribution in [1.29, 1.82) is 0 Å². The van der Waals surface area contributed by atoms with E-state index in [2.05, 4.69) is 20.4 Å². The van der Waals surface area contributed by atoms with Crippen molar-refractivity contribution in [3.05, 3.63) is 42.4 Å². The number of carbonyl (C=O) groups excluding carboxylic acids is 1. The maximum absolute atomic E-state index is 12.4. The highest BCUT2D eigenvalue weighted by molar-refractivity contribution is 5.86. The lowest BCUT2D eigenvalue weighted by molar-refractivity contribution is -0.121. The summed E-state index contributed by atoms with van der Waals surface area (Å²) in [5.41, 5.74) is 1.41. The van der Waals surface area contributed by atoms with Gasteiger partial charge in [0.25, 0.3) is 0 Å². The van der Waals surface area contributed by atoms with Crippen LogP contribution in [0.15, 0.2) is 41.2 Å². The zero-order valence-corrected chi connectivity index (χ0v) is 14.2. The van der Waals surface area contributed by atoms with E-state index in [0.717, 1.165) is 37.3 Å². The van der Waals surface area contributed by atoms with E-state index >= 15 is 0 Å². The number of para-hydroxylation sites is 1. The van der Waals surface area contributed by atoms with Gasteiger partial charge >= 0.3 is 0 Å². The molecule has 130 valence electrons. The Labute approximate surface area is 145 Å².